The summed E-state index contributed by atoms with van der Waals surface area (Å²) >= 11 is 5.11. The number of hydrogen-bond acceptors (Lipinski definition) is 3. The first-order valence-corrected chi connectivity index (χ1v) is 9.88. The summed E-state index contributed by atoms with van der Waals surface area (Å²) in [6, 6.07) is 10.4. The minimum Gasteiger partial charge on any atom is -0.352 e. The van der Waals surface area contributed by atoms with E-state index in [0.717, 1.165) is 22.9 Å². The molecule has 0 atom stereocenters. The van der Waals surface area contributed by atoms with Crippen LogP contribution in [0.4, 0.5) is 0 Å². The Balaban J connectivity index is 1.77. The molecule has 0 spiro atoms. The molecule has 28 heavy (non-hydrogen) atoms. The summed E-state index contributed by atoms with van der Waals surface area (Å²) in [4.78, 5) is 12.7. The number of carbonyl (C=O) groups excluding carboxylic acids is 1. The van der Waals surface area contributed by atoms with Crippen molar-refractivity contribution in [3.05, 3.63) is 63.4 Å². The molecule has 0 aliphatic rings. The molecular weight excluding hydrogens is 370 g/mol. The van der Waals surface area contributed by atoms with Crippen molar-refractivity contribution < 1.29 is 4.79 Å². The fourth-order valence-corrected chi connectivity index (χ4v) is 3.55. The number of nitrogens with one attached hydrogen (secondary N) is 2. The number of amides is 1. The average Bonchev–Trinajstić information content (AvgIpc) is 3.14. The molecule has 1 aromatic carbocycles. The van der Waals surface area contributed by atoms with E-state index in [1.54, 1.807) is 0 Å². The highest BCUT2D eigenvalue weighted by atomic mass is 32.1. The molecule has 0 aliphatic carbocycles. The molecule has 0 aliphatic heterocycles. The Morgan fingerprint density at radius 2 is 2.04 bits per heavy atom. The van der Waals surface area contributed by atoms with Crippen LogP contribution >= 0.6 is 12.2 Å². The molecule has 1 amide bonds. The summed E-state index contributed by atoms with van der Waals surface area (Å²) in [6.07, 6.45) is 0.616. The van der Waals surface area contributed by atoms with E-state index in [4.69, 9.17) is 12.2 Å². The Bertz CT molecular complexity index is 1060. The van der Waals surface area contributed by atoms with Crippen LogP contribution in [0, 0.1) is 18.6 Å². The number of aromatic nitrogens is 4. The summed E-state index contributed by atoms with van der Waals surface area (Å²) in [5.41, 5.74) is 5.04. The third-order valence-electron chi connectivity index (χ3n) is 5.08. The predicted octanol–water partition coefficient (Wildman–Crippen LogP) is 3.98. The largest absolute Gasteiger partial charge is 0.352 e. The molecule has 3 aromatic rings. The van der Waals surface area contributed by atoms with Gasteiger partial charge in [-0.3, -0.25) is 9.89 Å². The Morgan fingerprint density at radius 3 is 2.68 bits per heavy atom. The second-order valence-corrected chi connectivity index (χ2v) is 7.77. The zero-order valence-corrected chi connectivity index (χ0v) is 17.9. The number of rotatable bonds is 6. The zero-order valence-electron chi connectivity index (χ0n) is 17.0. The average molecular weight is 398 g/mol. The minimum atomic E-state index is -0.0730. The molecule has 0 unspecified atom stereocenters. The van der Waals surface area contributed by atoms with Crippen molar-refractivity contribution in [1.29, 1.82) is 0 Å². The van der Waals surface area contributed by atoms with E-state index in [1.807, 2.05) is 31.5 Å². The van der Waals surface area contributed by atoms with Crippen molar-refractivity contribution in [3.63, 3.8) is 0 Å². The van der Waals surface area contributed by atoms with Crippen LogP contribution in [-0.4, -0.2) is 31.8 Å². The Morgan fingerprint density at radius 1 is 1.29 bits per heavy atom. The van der Waals surface area contributed by atoms with E-state index in [1.165, 1.54) is 5.56 Å². The minimum absolute atomic E-state index is 0.0730. The monoisotopic (exact) mass is 397 g/mol. The van der Waals surface area contributed by atoms with Gasteiger partial charge >= 0.3 is 0 Å². The van der Waals surface area contributed by atoms with E-state index in [9.17, 15) is 4.79 Å². The fraction of sp³-hybridized carbons (Fsp3) is 0.381. The third kappa shape index (κ3) is 3.94. The molecule has 0 saturated heterocycles. The van der Waals surface area contributed by atoms with Crippen LogP contribution in [0.1, 0.15) is 52.9 Å². The molecule has 3 rings (SSSR count). The van der Waals surface area contributed by atoms with Crippen LogP contribution in [0.3, 0.4) is 0 Å². The van der Waals surface area contributed by atoms with Crippen molar-refractivity contribution in [2.24, 2.45) is 7.05 Å². The highest BCUT2D eigenvalue weighted by molar-refractivity contribution is 7.71. The lowest BCUT2D eigenvalue weighted by Gasteiger charge is -2.13. The topological polar surface area (TPSA) is 67.6 Å². The number of nitrogens with zero attached hydrogens (tertiary/aromatic N) is 3. The first-order chi connectivity index (χ1) is 13.3. The quantitative estimate of drug-likeness (QED) is 0.618. The maximum Gasteiger partial charge on any atom is 0.253 e. The second-order valence-electron chi connectivity index (χ2n) is 7.38. The lowest BCUT2D eigenvalue weighted by atomic mass is 10.0. The molecule has 6 nitrogen and oxygen atoms in total. The van der Waals surface area contributed by atoms with Gasteiger partial charge < -0.3 is 14.5 Å². The normalized spacial score (nSPS) is 11.2. The van der Waals surface area contributed by atoms with Gasteiger partial charge in [0.25, 0.3) is 5.91 Å². The molecule has 2 N–H and O–H groups in total. The number of aryl methyl sites for hydroxylation is 1. The van der Waals surface area contributed by atoms with Crippen LogP contribution in [0.15, 0.2) is 30.3 Å². The lowest BCUT2D eigenvalue weighted by Crippen LogP contribution is -2.26. The van der Waals surface area contributed by atoms with Gasteiger partial charge in [0.2, 0.25) is 0 Å². The summed E-state index contributed by atoms with van der Waals surface area (Å²) < 4.78 is 4.53. The fourth-order valence-electron chi connectivity index (χ4n) is 3.40. The van der Waals surface area contributed by atoms with E-state index < -0.39 is 0 Å². The number of carbonyl (C=O) groups is 1. The van der Waals surface area contributed by atoms with Gasteiger partial charge in [0.1, 0.15) is 5.82 Å². The summed E-state index contributed by atoms with van der Waals surface area (Å²) in [6.45, 7) is 8.88. The van der Waals surface area contributed by atoms with Gasteiger partial charge in [-0.1, -0.05) is 26.0 Å². The number of aromatic amines is 1. The van der Waals surface area contributed by atoms with Gasteiger partial charge in [0, 0.05) is 37.1 Å². The molecule has 2 aromatic heterocycles. The lowest BCUT2D eigenvalue weighted by molar-refractivity contribution is 0.0953. The molecular formula is C21H27N5OS. The highest BCUT2D eigenvalue weighted by Crippen LogP contribution is 2.24. The van der Waals surface area contributed by atoms with Gasteiger partial charge in [-0.05, 0) is 55.7 Å². The van der Waals surface area contributed by atoms with Gasteiger partial charge in [-0.2, -0.15) is 5.10 Å². The maximum absolute atomic E-state index is 12.7. The first kappa shape index (κ1) is 20.1. The first-order valence-electron chi connectivity index (χ1n) is 9.47. The summed E-state index contributed by atoms with van der Waals surface area (Å²) in [5, 5.41) is 9.92. The van der Waals surface area contributed by atoms with Crippen LogP contribution in [0.25, 0.3) is 5.69 Å². The zero-order chi connectivity index (χ0) is 20.4. The van der Waals surface area contributed by atoms with Crippen molar-refractivity contribution in [2.75, 3.05) is 6.54 Å². The number of H-pyrrole nitrogens is 1. The Hall–Kier alpha value is -2.67. The predicted molar refractivity (Wildman–Crippen MR) is 114 cm³/mol. The molecule has 2 heterocycles. The highest BCUT2D eigenvalue weighted by Gasteiger charge is 2.17. The van der Waals surface area contributed by atoms with Crippen LogP contribution in [0.2, 0.25) is 0 Å². The van der Waals surface area contributed by atoms with E-state index in [2.05, 4.69) is 58.2 Å². The summed E-state index contributed by atoms with van der Waals surface area (Å²) in [7, 11) is 1.86. The van der Waals surface area contributed by atoms with Crippen molar-refractivity contribution in [3.8, 4) is 5.69 Å². The number of benzene rings is 1. The number of hydrogen-bond donors (Lipinski definition) is 2. The smallest absolute Gasteiger partial charge is 0.253 e. The van der Waals surface area contributed by atoms with Gasteiger partial charge in [0.05, 0.1) is 5.56 Å². The molecule has 7 heteroatoms. The van der Waals surface area contributed by atoms with Crippen molar-refractivity contribution in [1.82, 2.24) is 24.6 Å². The van der Waals surface area contributed by atoms with Gasteiger partial charge in [-0.15, -0.1) is 0 Å². The molecule has 0 saturated carbocycles. The summed E-state index contributed by atoms with van der Waals surface area (Å²) in [5.74, 6) is 1.20. The van der Waals surface area contributed by atoms with E-state index in [-0.39, 0.29) is 5.91 Å². The Labute approximate surface area is 170 Å². The van der Waals surface area contributed by atoms with Crippen molar-refractivity contribution in [2.45, 2.75) is 40.0 Å². The van der Waals surface area contributed by atoms with Crippen LogP contribution < -0.4 is 5.32 Å². The van der Waals surface area contributed by atoms with Crippen molar-refractivity contribution >= 4 is 18.1 Å². The van der Waals surface area contributed by atoms with Crippen LogP contribution in [0.5, 0.6) is 0 Å². The van der Waals surface area contributed by atoms with Crippen LogP contribution in [-0.2, 0) is 13.5 Å². The van der Waals surface area contributed by atoms with E-state index >= 15 is 0 Å². The van der Waals surface area contributed by atoms with Gasteiger partial charge in [-0.25, -0.2) is 0 Å². The standard InChI is InChI=1S/C21H27N5OS/c1-13(2)16-7-6-8-17(12-16)26-14(3)11-18(15(26)4)20(27)22-10-9-19-23-24-21(28)25(19)5/h6-8,11-13H,9-10H2,1-5H3,(H,22,27)(H,24,28). The Kier molecular flexibility index (Phi) is 5.84. The molecule has 148 valence electrons. The van der Waals surface area contributed by atoms with E-state index in [0.29, 0.717) is 29.2 Å². The SMILES string of the molecule is Cc1cc(C(=O)NCCc2n[nH]c(=S)n2C)c(C)n1-c1cccc(C(C)C)c1. The molecule has 0 radical (unpaired) electrons. The molecule has 0 bridgehead atoms. The molecule has 0 fully saturated rings. The maximum atomic E-state index is 12.7. The second kappa shape index (κ2) is 8.14. The third-order valence-corrected chi connectivity index (χ3v) is 5.44. The van der Waals surface area contributed by atoms with Gasteiger partial charge in [0.15, 0.2) is 4.77 Å².